The van der Waals surface area contributed by atoms with Gasteiger partial charge in [-0.25, -0.2) is 4.79 Å². The molecule has 0 saturated carbocycles. The molecule has 0 unspecified atom stereocenters. The number of ether oxygens (including phenoxy) is 1. The monoisotopic (exact) mass is 932 g/mol. The molecule has 4 N–H and O–H groups in total. The van der Waals surface area contributed by atoms with Crippen LogP contribution in [-0.4, -0.2) is 89.1 Å². The van der Waals surface area contributed by atoms with Crippen LogP contribution in [-0.2, 0) is 47.6 Å². The Kier molecular flexibility index (Phi) is 15.7. The van der Waals surface area contributed by atoms with Gasteiger partial charge in [0.25, 0.3) is 0 Å². The number of nitrogens with one attached hydrogen (secondary N) is 3. The topological polar surface area (TPSA) is 157 Å². The Morgan fingerprint density at radius 3 is 1.94 bits per heavy atom. The summed E-state index contributed by atoms with van der Waals surface area (Å²) in [6.07, 6.45) is 8.54. The van der Waals surface area contributed by atoms with Crippen LogP contribution in [0.25, 0.3) is 22.3 Å². The lowest BCUT2D eigenvalue weighted by Crippen LogP contribution is -2.54. The van der Waals surface area contributed by atoms with Crippen molar-refractivity contribution in [1.82, 2.24) is 15.1 Å². The lowest BCUT2D eigenvalue weighted by Gasteiger charge is -2.31. The standard InChI is InChI=1S/C56H77N5O7/c1-10-68-45(62)24-12-11-22-41(34(2)3)52(64)60-29-15-21-40(60)33-57-38-19-13-17-36(31-38)46-42-25-27-56(8,9)49(42)47(43-26-28-55(6,7)48(43)46)37-18-14-20-39(32-37)58-51(63)44-23-16-30-61(44)53(65)50(35(4)5)59-54(66)67/h13-14,17-20,31-32,34-35,40-41,44,50,57,59H,10-12,15-16,21-30,33H2,1-9H3,(H,58,63)(H,66,67)/t40-,41-,44-,50-/m0/s1. The van der Waals surface area contributed by atoms with Crippen molar-refractivity contribution in [2.24, 2.45) is 17.8 Å². The molecule has 12 nitrogen and oxygen atoms in total. The van der Waals surface area contributed by atoms with E-state index in [1.807, 2.05) is 19.1 Å². The van der Waals surface area contributed by atoms with Gasteiger partial charge in [0.1, 0.15) is 12.1 Å². The number of carbonyl (C=O) groups excluding carboxylic acids is 4. The van der Waals surface area contributed by atoms with E-state index >= 15 is 0 Å². The number of likely N-dealkylation sites (tertiary alicyclic amines) is 2. The second kappa shape index (κ2) is 21.1. The van der Waals surface area contributed by atoms with Gasteiger partial charge in [0, 0.05) is 49.4 Å². The summed E-state index contributed by atoms with van der Waals surface area (Å²) in [5.41, 5.74) is 12.0. The Morgan fingerprint density at radius 1 is 0.765 bits per heavy atom. The molecular weight excluding hydrogens is 855 g/mol. The van der Waals surface area contributed by atoms with Crippen molar-refractivity contribution in [1.29, 1.82) is 0 Å². The van der Waals surface area contributed by atoms with E-state index in [2.05, 4.69) is 98.8 Å². The molecule has 2 saturated heterocycles. The molecular formula is C56H77N5O7. The zero-order valence-corrected chi connectivity index (χ0v) is 42.2. The van der Waals surface area contributed by atoms with Crippen LogP contribution in [0.5, 0.6) is 0 Å². The first-order valence-corrected chi connectivity index (χ1v) is 25.6. The fourth-order valence-corrected chi connectivity index (χ4v) is 11.9. The molecule has 2 aliphatic heterocycles. The van der Waals surface area contributed by atoms with Crippen LogP contribution in [0.1, 0.15) is 149 Å². The number of rotatable bonds is 18. The number of unbranched alkanes of at least 4 members (excludes halogenated alkanes) is 1. The van der Waals surface area contributed by atoms with Gasteiger partial charge in [-0.05, 0) is 163 Å². The van der Waals surface area contributed by atoms with Gasteiger partial charge in [-0.2, -0.15) is 0 Å². The number of fused-ring (bicyclic) bond motifs is 2. The molecule has 68 heavy (non-hydrogen) atoms. The van der Waals surface area contributed by atoms with Gasteiger partial charge in [-0.1, -0.05) is 86.1 Å². The molecule has 2 heterocycles. The molecule has 0 radical (unpaired) electrons. The number of carbonyl (C=O) groups is 5. The maximum absolute atomic E-state index is 14.1. The normalized spacial score (nSPS) is 20.0. The molecule has 0 bridgehead atoms. The summed E-state index contributed by atoms with van der Waals surface area (Å²) in [6, 6.07) is 15.5. The van der Waals surface area contributed by atoms with Crippen LogP contribution in [0.15, 0.2) is 48.5 Å². The molecule has 12 heteroatoms. The predicted molar refractivity (Wildman–Crippen MR) is 270 cm³/mol. The van der Waals surface area contributed by atoms with Crippen molar-refractivity contribution in [3.63, 3.8) is 0 Å². The molecule has 3 aromatic carbocycles. The molecule has 2 aliphatic carbocycles. The van der Waals surface area contributed by atoms with E-state index in [0.717, 1.165) is 75.6 Å². The Balaban J connectivity index is 1.14. The van der Waals surface area contributed by atoms with Crippen molar-refractivity contribution >= 4 is 41.2 Å². The van der Waals surface area contributed by atoms with Crippen LogP contribution >= 0.6 is 0 Å². The number of nitrogens with zero attached hydrogens (tertiary/aromatic N) is 2. The first-order chi connectivity index (χ1) is 32.3. The van der Waals surface area contributed by atoms with Crippen LogP contribution < -0.4 is 16.0 Å². The molecule has 0 spiro atoms. The highest BCUT2D eigenvalue weighted by Crippen LogP contribution is 2.56. The van der Waals surface area contributed by atoms with Gasteiger partial charge in [0.2, 0.25) is 17.7 Å². The number of hydrogen-bond donors (Lipinski definition) is 4. The van der Waals surface area contributed by atoms with Gasteiger partial charge in [-0.15, -0.1) is 0 Å². The smallest absolute Gasteiger partial charge is 0.405 e. The molecule has 3 aromatic rings. The highest BCUT2D eigenvalue weighted by Gasteiger charge is 2.44. The van der Waals surface area contributed by atoms with E-state index in [4.69, 9.17) is 4.74 Å². The third-order valence-electron chi connectivity index (χ3n) is 15.5. The summed E-state index contributed by atoms with van der Waals surface area (Å²) in [5, 5.41) is 18.7. The van der Waals surface area contributed by atoms with Crippen molar-refractivity contribution in [3.8, 4) is 22.3 Å². The molecule has 368 valence electrons. The average Bonchev–Trinajstić information content (AvgIpc) is 4.10. The molecule has 4 aliphatic rings. The first kappa shape index (κ1) is 50.5. The summed E-state index contributed by atoms with van der Waals surface area (Å²) in [7, 11) is 0. The SMILES string of the molecule is CCOC(=O)CCCC[C@H](C(=O)N1CCC[C@H]1CNc1cccc(-c2c3c(c(-c4cccc(NC(=O)[C@@H]5CCCN5C(=O)[C@@H](NC(=O)O)C(C)C)c4)c4c2C(C)(C)CC4)C(C)(C)CC3)c1)C(C)C. The third kappa shape index (κ3) is 10.7. The number of carboxylic acid groups (broad SMARTS) is 1. The molecule has 0 aromatic heterocycles. The summed E-state index contributed by atoms with van der Waals surface area (Å²) >= 11 is 0. The van der Waals surface area contributed by atoms with Gasteiger partial charge in [0.15, 0.2) is 0 Å². The minimum absolute atomic E-state index is 0.0733. The highest BCUT2D eigenvalue weighted by atomic mass is 16.5. The number of amides is 4. The summed E-state index contributed by atoms with van der Waals surface area (Å²) in [4.78, 5) is 68.9. The summed E-state index contributed by atoms with van der Waals surface area (Å²) < 4.78 is 5.11. The zero-order chi connectivity index (χ0) is 49.1. The molecule has 4 atom stereocenters. The van der Waals surface area contributed by atoms with Crippen LogP contribution in [0, 0.1) is 17.8 Å². The molecule has 2 fully saturated rings. The fraction of sp³-hybridized carbons (Fsp3) is 0.589. The number of hydrogen-bond acceptors (Lipinski definition) is 7. The largest absolute Gasteiger partial charge is 0.466 e. The van der Waals surface area contributed by atoms with E-state index in [0.29, 0.717) is 44.6 Å². The van der Waals surface area contributed by atoms with Gasteiger partial charge in [-0.3, -0.25) is 19.2 Å². The van der Waals surface area contributed by atoms with Crippen molar-refractivity contribution in [3.05, 3.63) is 70.8 Å². The predicted octanol–water partition coefficient (Wildman–Crippen LogP) is 10.5. The first-order valence-electron chi connectivity index (χ1n) is 25.6. The van der Waals surface area contributed by atoms with Crippen molar-refractivity contribution in [2.45, 2.75) is 168 Å². The Hall–Kier alpha value is -5.39. The lowest BCUT2D eigenvalue weighted by atomic mass is 9.73. The van der Waals surface area contributed by atoms with Crippen LogP contribution in [0.2, 0.25) is 0 Å². The van der Waals surface area contributed by atoms with Gasteiger partial charge < -0.3 is 35.6 Å². The maximum atomic E-state index is 14.1. The maximum Gasteiger partial charge on any atom is 0.405 e. The lowest BCUT2D eigenvalue weighted by molar-refractivity contribution is -0.143. The minimum Gasteiger partial charge on any atom is -0.466 e. The van der Waals surface area contributed by atoms with E-state index in [1.165, 1.54) is 38.9 Å². The van der Waals surface area contributed by atoms with Crippen molar-refractivity contribution in [2.75, 3.05) is 36.9 Å². The minimum atomic E-state index is -1.26. The second-order valence-corrected chi connectivity index (χ2v) is 21.8. The molecule has 7 rings (SSSR count). The number of esters is 1. The highest BCUT2D eigenvalue weighted by molar-refractivity contribution is 5.99. The number of benzene rings is 3. The quantitative estimate of drug-likeness (QED) is 0.0725. The van der Waals surface area contributed by atoms with E-state index < -0.39 is 18.2 Å². The van der Waals surface area contributed by atoms with E-state index in [-0.39, 0.29) is 58.3 Å². The average molecular weight is 932 g/mol. The van der Waals surface area contributed by atoms with E-state index in [1.54, 1.807) is 18.7 Å². The van der Waals surface area contributed by atoms with Crippen LogP contribution in [0.3, 0.4) is 0 Å². The van der Waals surface area contributed by atoms with E-state index in [9.17, 15) is 29.1 Å². The Bertz CT molecular complexity index is 2370. The van der Waals surface area contributed by atoms with Crippen molar-refractivity contribution < 1.29 is 33.8 Å². The zero-order valence-electron chi connectivity index (χ0n) is 42.2. The third-order valence-corrected chi connectivity index (χ3v) is 15.5. The second-order valence-electron chi connectivity index (χ2n) is 21.8. The van der Waals surface area contributed by atoms with Crippen LogP contribution in [0.4, 0.5) is 16.2 Å². The van der Waals surface area contributed by atoms with Gasteiger partial charge in [0.05, 0.1) is 6.61 Å². The Labute approximate surface area is 404 Å². The summed E-state index contributed by atoms with van der Waals surface area (Å²) in [5.74, 6) is -0.698. The fourth-order valence-electron chi connectivity index (χ4n) is 11.9. The Morgan fingerprint density at radius 2 is 1.35 bits per heavy atom. The van der Waals surface area contributed by atoms with Gasteiger partial charge >= 0.3 is 12.1 Å². The number of anilines is 2. The molecule has 4 amide bonds. The summed E-state index contributed by atoms with van der Waals surface area (Å²) in [6.45, 7) is 21.4.